The Morgan fingerprint density at radius 1 is 1.29 bits per heavy atom. The van der Waals surface area contributed by atoms with E-state index in [1.54, 1.807) is 0 Å². The lowest BCUT2D eigenvalue weighted by molar-refractivity contribution is -0.126. The van der Waals surface area contributed by atoms with Crippen molar-refractivity contribution in [1.29, 1.82) is 0 Å². The van der Waals surface area contributed by atoms with E-state index in [0.717, 1.165) is 23.9 Å². The van der Waals surface area contributed by atoms with E-state index < -0.39 is 0 Å². The summed E-state index contributed by atoms with van der Waals surface area (Å²) in [6, 6.07) is 8.32. The van der Waals surface area contributed by atoms with Gasteiger partial charge >= 0.3 is 0 Å². The third-order valence-corrected chi connectivity index (χ3v) is 4.05. The number of hydrogen-bond donors (Lipinski definition) is 0. The Labute approximate surface area is 111 Å². The van der Waals surface area contributed by atoms with Gasteiger partial charge < -0.3 is 0 Å². The molecule has 0 radical (unpaired) electrons. The molecule has 1 heterocycles. The highest BCUT2D eigenvalue weighted by Gasteiger charge is 2.32. The highest BCUT2D eigenvalue weighted by Crippen LogP contribution is 2.27. The predicted octanol–water partition coefficient (Wildman–Crippen LogP) is 3.39. The largest absolute Gasteiger partial charge is 0.298 e. The maximum Gasteiger partial charge on any atom is 0.146 e. The summed E-state index contributed by atoms with van der Waals surface area (Å²) in [4.78, 5) is 13.8. The number of halogens is 1. The highest BCUT2D eigenvalue weighted by molar-refractivity contribution is 9.10. The molecule has 0 unspecified atom stereocenters. The second-order valence-electron chi connectivity index (χ2n) is 5.33. The first-order valence-corrected chi connectivity index (χ1v) is 6.78. The number of Topliss-reactive ketones (excluding diaryl/α,β-unsaturated/α-hetero) is 1. The van der Waals surface area contributed by atoms with Crippen LogP contribution in [-0.4, -0.2) is 22.8 Å². The molecular weight excluding hydrogens is 278 g/mol. The van der Waals surface area contributed by atoms with Crippen LogP contribution in [0.25, 0.3) is 0 Å². The molecule has 1 aliphatic heterocycles. The van der Waals surface area contributed by atoms with Crippen LogP contribution >= 0.6 is 15.9 Å². The SMILES string of the molecule is CC1(C)CCC(=O)CN1Cc1ccc(Br)cc1. The lowest BCUT2D eigenvalue weighted by atomic mass is 9.89. The van der Waals surface area contributed by atoms with Crippen molar-refractivity contribution in [1.82, 2.24) is 4.90 Å². The molecule has 3 heteroatoms. The Hall–Kier alpha value is -0.670. The van der Waals surface area contributed by atoms with Gasteiger partial charge in [-0.3, -0.25) is 9.69 Å². The molecule has 2 rings (SSSR count). The number of nitrogens with zero attached hydrogens (tertiary/aromatic N) is 1. The fourth-order valence-corrected chi connectivity index (χ4v) is 2.45. The van der Waals surface area contributed by atoms with Gasteiger partial charge in [0.2, 0.25) is 0 Å². The molecule has 0 spiro atoms. The summed E-state index contributed by atoms with van der Waals surface area (Å²) in [6.07, 6.45) is 1.69. The molecule has 1 aliphatic rings. The molecule has 1 fully saturated rings. The molecule has 1 aromatic rings. The van der Waals surface area contributed by atoms with Crippen LogP contribution in [0.5, 0.6) is 0 Å². The lowest BCUT2D eigenvalue weighted by Crippen LogP contribution is -2.50. The molecule has 0 N–H and O–H groups in total. The summed E-state index contributed by atoms with van der Waals surface area (Å²) in [6.45, 7) is 5.88. The van der Waals surface area contributed by atoms with Gasteiger partial charge in [-0.1, -0.05) is 28.1 Å². The van der Waals surface area contributed by atoms with Crippen LogP contribution in [0.15, 0.2) is 28.7 Å². The van der Waals surface area contributed by atoms with Crippen molar-refractivity contribution in [2.45, 2.75) is 38.8 Å². The normalized spacial score (nSPS) is 20.5. The third kappa shape index (κ3) is 3.17. The number of piperidine rings is 1. The van der Waals surface area contributed by atoms with Gasteiger partial charge in [-0.25, -0.2) is 0 Å². The summed E-state index contributed by atoms with van der Waals surface area (Å²) in [5, 5.41) is 0. The van der Waals surface area contributed by atoms with E-state index in [1.807, 2.05) is 12.1 Å². The van der Waals surface area contributed by atoms with Gasteiger partial charge in [0.25, 0.3) is 0 Å². The van der Waals surface area contributed by atoms with Crippen molar-refractivity contribution in [3.8, 4) is 0 Å². The van der Waals surface area contributed by atoms with Crippen molar-refractivity contribution in [3.63, 3.8) is 0 Å². The van der Waals surface area contributed by atoms with Crippen LogP contribution in [-0.2, 0) is 11.3 Å². The predicted molar refractivity (Wildman–Crippen MR) is 72.9 cm³/mol. The smallest absolute Gasteiger partial charge is 0.146 e. The van der Waals surface area contributed by atoms with E-state index in [4.69, 9.17) is 0 Å². The average Bonchev–Trinajstić information content (AvgIpc) is 2.27. The molecule has 0 bridgehead atoms. The standard InChI is InChI=1S/C14H18BrNO/c1-14(2)8-7-13(17)10-16(14)9-11-3-5-12(15)6-4-11/h3-6H,7-10H2,1-2H3. The Kier molecular flexibility index (Phi) is 3.69. The molecular formula is C14H18BrNO. The van der Waals surface area contributed by atoms with E-state index in [9.17, 15) is 4.79 Å². The summed E-state index contributed by atoms with van der Waals surface area (Å²) < 4.78 is 1.09. The molecule has 0 amide bonds. The quantitative estimate of drug-likeness (QED) is 0.833. The highest BCUT2D eigenvalue weighted by atomic mass is 79.9. The van der Waals surface area contributed by atoms with Crippen LogP contribution in [0.4, 0.5) is 0 Å². The van der Waals surface area contributed by atoms with E-state index in [2.05, 4.69) is 46.8 Å². The molecule has 0 atom stereocenters. The Bertz CT molecular complexity index is 411. The van der Waals surface area contributed by atoms with E-state index in [1.165, 1.54) is 5.56 Å². The van der Waals surface area contributed by atoms with Crippen LogP contribution < -0.4 is 0 Å². The first kappa shape index (κ1) is 12.8. The summed E-state index contributed by atoms with van der Waals surface area (Å²) >= 11 is 3.43. The zero-order chi connectivity index (χ0) is 12.5. The van der Waals surface area contributed by atoms with Gasteiger partial charge in [-0.15, -0.1) is 0 Å². The maximum absolute atomic E-state index is 11.6. The zero-order valence-corrected chi connectivity index (χ0v) is 12.0. The fourth-order valence-electron chi connectivity index (χ4n) is 2.19. The number of rotatable bonds is 2. The summed E-state index contributed by atoms with van der Waals surface area (Å²) in [7, 11) is 0. The minimum Gasteiger partial charge on any atom is -0.298 e. The second-order valence-corrected chi connectivity index (χ2v) is 6.25. The topological polar surface area (TPSA) is 20.3 Å². The summed E-state index contributed by atoms with van der Waals surface area (Å²) in [5.41, 5.74) is 1.39. The van der Waals surface area contributed by atoms with Crippen LogP contribution in [0.1, 0.15) is 32.3 Å². The van der Waals surface area contributed by atoms with Crippen LogP contribution in [0.2, 0.25) is 0 Å². The Balaban J connectivity index is 2.10. The lowest BCUT2D eigenvalue weighted by Gasteiger charge is -2.41. The third-order valence-electron chi connectivity index (χ3n) is 3.53. The number of likely N-dealkylation sites (tertiary alicyclic amines) is 1. The molecule has 0 aliphatic carbocycles. The monoisotopic (exact) mass is 295 g/mol. The molecule has 0 aromatic heterocycles. The van der Waals surface area contributed by atoms with Crippen molar-refractivity contribution in [2.75, 3.05) is 6.54 Å². The van der Waals surface area contributed by atoms with Gasteiger partial charge in [-0.2, -0.15) is 0 Å². The van der Waals surface area contributed by atoms with Crippen molar-refractivity contribution >= 4 is 21.7 Å². The average molecular weight is 296 g/mol. The number of benzene rings is 1. The minimum absolute atomic E-state index is 0.126. The molecule has 0 saturated carbocycles. The van der Waals surface area contributed by atoms with Crippen LogP contribution in [0, 0.1) is 0 Å². The van der Waals surface area contributed by atoms with Gasteiger partial charge in [0.05, 0.1) is 6.54 Å². The van der Waals surface area contributed by atoms with Gasteiger partial charge in [0, 0.05) is 23.0 Å². The minimum atomic E-state index is 0.126. The molecule has 1 aromatic carbocycles. The Morgan fingerprint density at radius 3 is 2.59 bits per heavy atom. The fraction of sp³-hybridized carbons (Fsp3) is 0.500. The maximum atomic E-state index is 11.6. The number of carbonyl (C=O) groups is 1. The van der Waals surface area contributed by atoms with E-state index >= 15 is 0 Å². The van der Waals surface area contributed by atoms with E-state index in [-0.39, 0.29) is 5.54 Å². The first-order chi connectivity index (χ1) is 7.97. The molecule has 2 nitrogen and oxygen atoms in total. The van der Waals surface area contributed by atoms with E-state index in [0.29, 0.717) is 12.3 Å². The summed E-state index contributed by atoms with van der Waals surface area (Å²) in [5.74, 6) is 0.362. The van der Waals surface area contributed by atoms with Crippen molar-refractivity contribution in [2.24, 2.45) is 0 Å². The van der Waals surface area contributed by atoms with Crippen molar-refractivity contribution in [3.05, 3.63) is 34.3 Å². The number of ketones is 1. The molecule has 92 valence electrons. The van der Waals surface area contributed by atoms with Gasteiger partial charge in [-0.05, 0) is 38.0 Å². The zero-order valence-electron chi connectivity index (χ0n) is 10.4. The second kappa shape index (κ2) is 4.91. The molecule has 17 heavy (non-hydrogen) atoms. The first-order valence-electron chi connectivity index (χ1n) is 5.98. The van der Waals surface area contributed by atoms with Crippen molar-refractivity contribution < 1.29 is 4.79 Å². The van der Waals surface area contributed by atoms with Crippen LogP contribution in [0.3, 0.4) is 0 Å². The number of carbonyl (C=O) groups excluding carboxylic acids is 1. The number of hydrogen-bond acceptors (Lipinski definition) is 2. The van der Waals surface area contributed by atoms with Gasteiger partial charge in [0.15, 0.2) is 0 Å². The molecule has 1 saturated heterocycles. The van der Waals surface area contributed by atoms with Gasteiger partial charge in [0.1, 0.15) is 5.78 Å². The Morgan fingerprint density at radius 2 is 1.94 bits per heavy atom.